The molecule has 0 atom stereocenters. The Labute approximate surface area is 158 Å². The number of likely N-dealkylation sites (N-methyl/N-ethyl adjacent to an activating group) is 2. The van der Waals surface area contributed by atoms with Crippen molar-refractivity contribution >= 4 is 23.4 Å². The average molecular weight is 369 g/mol. The summed E-state index contributed by atoms with van der Waals surface area (Å²) < 4.78 is 5.50. The molecule has 0 spiro atoms. The third kappa shape index (κ3) is 5.85. The summed E-state index contributed by atoms with van der Waals surface area (Å²) in [6, 6.07) is 13.8. The molecule has 2 aromatic rings. The number of anilines is 1. The first-order valence-electron chi connectivity index (χ1n) is 8.43. The Morgan fingerprint density at radius 2 is 1.67 bits per heavy atom. The molecule has 0 radical (unpaired) electrons. The van der Waals surface area contributed by atoms with E-state index in [1.807, 2.05) is 0 Å². The zero-order valence-corrected chi connectivity index (χ0v) is 15.6. The van der Waals surface area contributed by atoms with Crippen molar-refractivity contribution < 1.29 is 19.1 Å². The van der Waals surface area contributed by atoms with Gasteiger partial charge in [-0.25, -0.2) is 0 Å². The lowest BCUT2D eigenvalue weighted by atomic mass is 10.1. The van der Waals surface area contributed by atoms with Crippen LogP contribution in [-0.2, 0) is 16.0 Å². The van der Waals surface area contributed by atoms with E-state index >= 15 is 0 Å². The topological polar surface area (TPSA) is 87.7 Å². The van der Waals surface area contributed by atoms with Gasteiger partial charge in [-0.2, -0.15) is 0 Å². The van der Waals surface area contributed by atoms with Gasteiger partial charge in [0.2, 0.25) is 5.91 Å². The lowest BCUT2D eigenvalue weighted by Gasteiger charge is -2.14. The molecule has 0 aliphatic heterocycles. The van der Waals surface area contributed by atoms with Crippen LogP contribution in [0.25, 0.3) is 0 Å². The maximum Gasteiger partial charge on any atom is 0.259 e. The summed E-state index contributed by atoms with van der Waals surface area (Å²) in [5, 5.41) is 5.35. The molecule has 7 heteroatoms. The third-order valence-corrected chi connectivity index (χ3v) is 3.84. The van der Waals surface area contributed by atoms with Crippen molar-refractivity contribution in [3.63, 3.8) is 0 Å². The maximum atomic E-state index is 12.6. The van der Waals surface area contributed by atoms with Crippen LogP contribution in [0.15, 0.2) is 48.5 Å². The van der Waals surface area contributed by atoms with E-state index in [9.17, 15) is 14.4 Å². The minimum atomic E-state index is -0.345. The van der Waals surface area contributed by atoms with Crippen molar-refractivity contribution in [2.24, 2.45) is 0 Å². The molecule has 2 aromatic carbocycles. The molecule has 142 valence electrons. The summed E-state index contributed by atoms with van der Waals surface area (Å²) in [6.07, 6.45) is 0.279. The van der Waals surface area contributed by atoms with Gasteiger partial charge in [0.1, 0.15) is 5.75 Å². The number of hydrogen-bond acceptors (Lipinski definition) is 4. The molecule has 0 heterocycles. The quantitative estimate of drug-likeness (QED) is 0.778. The second-order valence-electron chi connectivity index (χ2n) is 6.07. The van der Waals surface area contributed by atoms with Gasteiger partial charge in [0.05, 0.1) is 12.0 Å². The molecule has 2 N–H and O–H groups in total. The second kappa shape index (κ2) is 9.38. The van der Waals surface area contributed by atoms with Crippen LogP contribution in [-0.4, -0.2) is 50.4 Å². The Morgan fingerprint density at radius 1 is 1.00 bits per heavy atom. The van der Waals surface area contributed by atoms with Crippen LogP contribution in [0.3, 0.4) is 0 Å². The smallest absolute Gasteiger partial charge is 0.259 e. The summed E-state index contributed by atoms with van der Waals surface area (Å²) in [5.74, 6) is -0.287. The third-order valence-electron chi connectivity index (χ3n) is 3.84. The van der Waals surface area contributed by atoms with Gasteiger partial charge in [-0.05, 0) is 29.8 Å². The van der Waals surface area contributed by atoms with Crippen molar-refractivity contribution in [1.82, 2.24) is 10.2 Å². The number of rotatable bonds is 7. The first-order chi connectivity index (χ1) is 12.9. The molecule has 0 aromatic heterocycles. The molecule has 0 aliphatic rings. The van der Waals surface area contributed by atoms with E-state index in [1.165, 1.54) is 4.90 Å². The van der Waals surface area contributed by atoms with Crippen LogP contribution in [0.5, 0.6) is 5.75 Å². The highest BCUT2D eigenvalue weighted by molar-refractivity contribution is 6.06. The number of nitrogens with one attached hydrogen (secondary N) is 2. The lowest BCUT2D eigenvalue weighted by molar-refractivity contribution is -0.130. The van der Waals surface area contributed by atoms with Crippen LogP contribution in [0.1, 0.15) is 15.9 Å². The second-order valence-corrected chi connectivity index (χ2v) is 6.07. The van der Waals surface area contributed by atoms with E-state index in [0.717, 1.165) is 5.56 Å². The molecule has 0 saturated heterocycles. The SMILES string of the molecule is CNC(=O)Cc1ccc(NC(=O)c2ccccc2OCC(=O)N(C)C)cc1. The average Bonchev–Trinajstić information content (AvgIpc) is 2.67. The number of carbonyl (C=O) groups is 3. The van der Waals surface area contributed by atoms with Crippen LogP contribution < -0.4 is 15.4 Å². The molecular formula is C20H23N3O4. The Bertz CT molecular complexity index is 816. The van der Waals surface area contributed by atoms with E-state index in [1.54, 1.807) is 69.7 Å². The number of benzene rings is 2. The standard InChI is InChI=1S/C20H23N3O4/c1-21-18(24)12-14-8-10-15(11-9-14)22-20(26)16-6-4-5-7-17(16)27-13-19(25)23(2)3/h4-11H,12-13H2,1-3H3,(H,21,24)(H,22,26). The number of ether oxygens (including phenoxy) is 1. The zero-order valence-electron chi connectivity index (χ0n) is 15.6. The summed E-state index contributed by atoms with van der Waals surface area (Å²) >= 11 is 0. The highest BCUT2D eigenvalue weighted by Crippen LogP contribution is 2.20. The van der Waals surface area contributed by atoms with Crippen molar-refractivity contribution in [3.8, 4) is 5.75 Å². The van der Waals surface area contributed by atoms with E-state index < -0.39 is 0 Å². The van der Waals surface area contributed by atoms with Crippen molar-refractivity contribution in [1.29, 1.82) is 0 Å². The van der Waals surface area contributed by atoms with Crippen molar-refractivity contribution in [3.05, 3.63) is 59.7 Å². The number of hydrogen-bond donors (Lipinski definition) is 2. The molecule has 2 rings (SSSR count). The van der Waals surface area contributed by atoms with Crippen LogP contribution in [0.4, 0.5) is 5.69 Å². The molecule has 7 nitrogen and oxygen atoms in total. The monoisotopic (exact) mass is 369 g/mol. The van der Waals surface area contributed by atoms with Crippen LogP contribution in [0, 0.1) is 0 Å². The van der Waals surface area contributed by atoms with Gasteiger partial charge in [-0.3, -0.25) is 14.4 Å². The maximum absolute atomic E-state index is 12.6. The van der Waals surface area contributed by atoms with E-state index in [-0.39, 0.29) is 30.7 Å². The minimum absolute atomic E-state index is 0.0786. The summed E-state index contributed by atoms with van der Waals surface area (Å²) in [5.41, 5.74) is 1.77. The largest absolute Gasteiger partial charge is 0.483 e. The highest BCUT2D eigenvalue weighted by atomic mass is 16.5. The van der Waals surface area contributed by atoms with Gasteiger partial charge in [0.25, 0.3) is 11.8 Å². The van der Waals surface area contributed by atoms with Crippen LogP contribution >= 0.6 is 0 Å². The van der Waals surface area contributed by atoms with E-state index in [4.69, 9.17) is 4.74 Å². The number of carbonyl (C=O) groups excluding carboxylic acids is 3. The van der Waals surface area contributed by atoms with Gasteiger partial charge in [-0.1, -0.05) is 24.3 Å². The van der Waals surface area contributed by atoms with Gasteiger partial charge < -0.3 is 20.3 Å². The normalized spacial score (nSPS) is 10.0. The van der Waals surface area contributed by atoms with E-state index in [0.29, 0.717) is 17.0 Å². The van der Waals surface area contributed by atoms with Gasteiger partial charge >= 0.3 is 0 Å². The molecule has 0 aliphatic carbocycles. The highest BCUT2D eigenvalue weighted by Gasteiger charge is 2.14. The van der Waals surface area contributed by atoms with E-state index in [2.05, 4.69) is 10.6 Å². The molecule has 27 heavy (non-hydrogen) atoms. The van der Waals surface area contributed by atoms with Gasteiger partial charge in [-0.15, -0.1) is 0 Å². The predicted octanol–water partition coefficient (Wildman–Crippen LogP) is 1.69. The Kier molecular flexibility index (Phi) is 6.93. The number of amides is 3. The summed E-state index contributed by atoms with van der Waals surface area (Å²) in [4.78, 5) is 37.1. The Morgan fingerprint density at radius 3 is 2.30 bits per heavy atom. The molecular weight excluding hydrogens is 346 g/mol. The lowest BCUT2D eigenvalue weighted by Crippen LogP contribution is -2.28. The van der Waals surface area contributed by atoms with Gasteiger partial charge in [0.15, 0.2) is 6.61 Å². The first-order valence-corrected chi connectivity index (χ1v) is 8.43. The molecule has 0 saturated carbocycles. The zero-order chi connectivity index (χ0) is 19.8. The molecule has 0 fully saturated rings. The van der Waals surface area contributed by atoms with Crippen molar-refractivity contribution in [2.75, 3.05) is 33.1 Å². The fraction of sp³-hybridized carbons (Fsp3) is 0.250. The summed E-state index contributed by atoms with van der Waals surface area (Å²) in [7, 11) is 4.86. The first kappa shape index (κ1) is 20.0. The Hall–Kier alpha value is -3.35. The number of nitrogens with zero attached hydrogens (tertiary/aromatic N) is 1. The fourth-order valence-electron chi connectivity index (χ4n) is 2.23. The van der Waals surface area contributed by atoms with Gasteiger partial charge in [0, 0.05) is 26.8 Å². The minimum Gasteiger partial charge on any atom is -0.483 e. The predicted molar refractivity (Wildman–Crippen MR) is 103 cm³/mol. The molecule has 0 bridgehead atoms. The number of para-hydroxylation sites is 1. The molecule has 3 amide bonds. The molecule has 0 unspecified atom stereocenters. The van der Waals surface area contributed by atoms with Crippen molar-refractivity contribution in [2.45, 2.75) is 6.42 Å². The summed E-state index contributed by atoms with van der Waals surface area (Å²) in [6.45, 7) is -0.147. The van der Waals surface area contributed by atoms with Crippen LogP contribution in [0.2, 0.25) is 0 Å². The Balaban J connectivity index is 2.05. The fourth-order valence-corrected chi connectivity index (χ4v) is 2.23.